The van der Waals surface area contributed by atoms with Gasteiger partial charge in [-0.25, -0.2) is 8.42 Å². The molecule has 0 fully saturated rings. The van der Waals surface area contributed by atoms with E-state index in [1.807, 2.05) is 67.6 Å². The van der Waals surface area contributed by atoms with Crippen molar-refractivity contribution in [2.24, 2.45) is 0 Å². The Hall–Kier alpha value is -2.94. The van der Waals surface area contributed by atoms with Crippen LogP contribution in [-0.2, 0) is 10.0 Å². The Morgan fingerprint density at radius 3 is 2.19 bits per heavy atom. The van der Waals surface area contributed by atoms with Gasteiger partial charge in [0.25, 0.3) is 0 Å². The van der Waals surface area contributed by atoms with Crippen LogP contribution in [0.2, 0.25) is 0 Å². The van der Waals surface area contributed by atoms with Crippen molar-refractivity contribution < 1.29 is 8.42 Å². The molecule has 0 unspecified atom stereocenters. The molecule has 1 N–H and O–H groups in total. The van der Waals surface area contributed by atoms with Crippen molar-refractivity contribution in [3.05, 3.63) is 101 Å². The Morgan fingerprint density at radius 1 is 0.885 bits per heavy atom. The zero-order chi connectivity index (χ0) is 18.6. The molecule has 0 spiro atoms. The van der Waals surface area contributed by atoms with E-state index in [1.165, 1.54) is 12.1 Å². The van der Waals surface area contributed by atoms with Crippen LogP contribution in [0.15, 0.2) is 83.8 Å². The summed E-state index contributed by atoms with van der Waals surface area (Å²) >= 11 is 0. The summed E-state index contributed by atoms with van der Waals surface area (Å²) in [6.07, 6.45) is 0. The van der Waals surface area contributed by atoms with E-state index in [0.717, 1.165) is 16.7 Å². The van der Waals surface area contributed by atoms with Crippen molar-refractivity contribution in [3.8, 4) is 6.07 Å². The van der Waals surface area contributed by atoms with Crippen LogP contribution in [0.1, 0.15) is 28.3 Å². The molecule has 0 aliphatic rings. The highest BCUT2D eigenvalue weighted by molar-refractivity contribution is 7.89. The fourth-order valence-electron chi connectivity index (χ4n) is 2.69. The van der Waals surface area contributed by atoms with Gasteiger partial charge >= 0.3 is 0 Å². The van der Waals surface area contributed by atoms with E-state index in [0.29, 0.717) is 5.56 Å². The second kappa shape index (κ2) is 7.52. The molecule has 0 bridgehead atoms. The van der Waals surface area contributed by atoms with Gasteiger partial charge in [-0.3, -0.25) is 0 Å². The molecule has 0 aromatic heterocycles. The van der Waals surface area contributed by atoms with Crippen molar-refractivity contribution in [2.75, 3.05) is 0 Å². The van der Waals surface area contributed by atoms with E-state index in [4.69, 9.17) is 5.26 Å². The van der Waals surface area contributed by atoms with Crippen LogP contribution < -0.4 is 4.72 Å². The summed E-state index contributed by atoms with van der Waals surface area (Å²) in [5.41, 5.74) is 3.10. The topological polar surface area (TPSA) is 70.0 Å². The SMILES string of the molecule is Cc1ccc([C@H](NS(=O)(=O)c2cccc(C#N)c2)c2ccccc2)cc1. The quantitative estimate of drug-likeness (QED) is 0.747. The van der Waals surface area contributed by atoms with Gasteiger partial charge in [0.2, 0.25) is 10.0 Å². The molecule has 3 rings (SSSR count). The molecule has 4 nitrogen and oxygen atoms in total. The molecule has 0 aliphatic carbocycles. The summed E-state index contributed by atoms with van der Waals surface area (Å²) in [7, 11) is -3.80. The van der Waals surface area contributed by atoms with Gasteiger partial charge in [-0.15, -0.1) is 0 Å². The fourth-order valence-corrected chi connectivity index (χ4v) is 3.95. The van der Waals surface area contributed by atoms with Crippen LogP contribution in [0.5, 0.6) is 0 Å². The molecule has 0 radical (unpaired) electrons. The average Bonchev–Trinajstić information content (AvgIpc) is 2.68. The van der Waals surface area contributed by atoms with E-state index in [-0.39, 0.29) is 4.90 Å². The second-order valence-corrected chi connectivity index (χ2v) is 7.73. The van der Waals surface area contributed by atoms with Crippen LogP contribution in [0.3, 0.4) is 0 Å². The molecule has 0 amide bonds. The van der Waals surface area contributed by atoms with Crippen molar-refractivity contribution in [2.45, 2.75) is 17.9 Å². The van der Waals surface area contributed by atoms with Crippen LogP contribution in [0.25, 0.3) is 0 Å². The lowest BCUT2D eigenvalue weighted by Gasteiger charge is -2.20. The van der Waals surface area contributed by atoms with Crippen LogP contribution in [0, 0.1) is 18.3 Å². The number of hydrogen-bond acceptors (Lipinski definition) is 3. The van der Waals surface area contributed by atoms with E-state index in [1.54, 1.807) is 12.1 Å². The monoisotopic (exact) mass is 362 g/mol. The smallest absolute Gasteiger partial charge is 0.207 e. The van der Waals surface area contributed by atoms with Crippen molar-refractivity contribution in [1.82, 2.24) is 4.72 Å². The number of hydrogen-bond donors (Lipinski definition) is 1. The van der Waals surface area contributed by atoms with Crippen molar-refractivity contribution in [1.29, 1.82) is 5.26 Å². The maximum Gasteiger partial charge on any atom is 0.241 e. The molecule has 26 heavy (non-hydrogen) atoms. The van der Waals surface area contributed by atoms with Crippen molar-refractivity contribution in [3.63, 3.8) is 0 Å². The number of benzene rings is 3. The zero-order valence-corrected chi connectivity index (χ0v) is 15.1. The normalized spacial score (nSPS) is 12.3. The van der Waals surface area contributed by atoms with Crippen LogP contribution in [-0.4, -0.2) is 8.42 Å². The van der Waals surface area contributed by atoms with Crippen molar-refractivity contribution >= 4 is 10.0 Å². The number of nitrogens with zero attached hydrogens (tertiary/aromatic N) is 1. The molecule has 1 atom stereocenters. The number of nitrogens with one attached hydrogen (secondary N) is 1. The first-order chi connectivity index (χ1) is 12.5. The molecule has 130 valence electrons. The van der Waals surface area contributed by atoms with Gasteiger partial charge in [-0.1, -0.05) is 66.2 Å². The van der Waals surface area contributed by atoms with E-state index < -0.39 is 16.1 Å². The minimum absolute atomic E-state index is 0.0737. The standard InChI is InChI=1S/C21H18N2O2S/c1-16-10-12-19(13-11-16)21(18-7-3-2-4-8-18)23-26(24,25)20-9-5-6-17(14-20)15-22/h2-14,21,23H,1H3/t21-/m1/s1. The Morgan fingerprint density at radius 2 is 1.54 bits per heavy atom. The highest BCUT2D eigenvalue weighted by Gasteiger charge is 2.23. The minimum Gasteiger partial charge on any atom is -0.207 e. The zero-order valence-electron chi connectivity index (χ0n) is 14.3. The number of aryl methyl sites for hydroxylation is 1. The largest absolute Gasteiger partial charge is 0.241 e. The summed E-state index contributed by atoms with van der Waals surface area (Å²) in [6, 6.07) is 24.6. The maximum absolute atomic E-state index is 12.9. The Kier molecular flexibility index (Phi) is 5.17. The van der Waals surface area contributed by atoms with Crippen LogP contribution in [0.4, 0.5) is 0 Å². The summed E-state index contributed by atoms with van der Waals surface area (Å²) in [6.45, 7) is 1.98. The number of nitriles is 1. The van der Waals surface area contributed by atoms with Gasteiger partial charge in [0.05, 0.1) is 22.6 Å². The average molecular weight is 362 g/mol. The second-order valence-electron chi connectivity index (χ2n) is 6.02. The Balaban J connectivity index is 2.02. The lowest BCUT2D eigenvalue weighted by molar-refractivity contribution is 0.572. The number of sulfonamides is 1. The minimum atomic E-state index is -3.80. The first kappa shape index (κ1) is 17.9. The highest BCUT2D eigenvalue weighted by atomic mass is 32.2. The molecule has 3 aromatic rings. The predicted octanol–water partition coefficient (Wildman–Crippen LogP) is 3.93. The first-order valence-electron chi connectivity index (χ1n) is 8.13. The third-order valence-corrected chi connectivity index (χ3v) is 5.51. The van der Waals surface area contributed by atoms with Gasteiger partial charge in [0.1, 0.15) is 0 Å². The lowest BCUT2D eigenvalue weighted by Crippen LogP contribution is -2.29. The molecule has 3 aromatic carbocycles. The molecule has 0 aliphatic heterocycles. The molecule has 5 heteroatoms. The lowest BCUT2D eigenvalue weighted by atomic mass is 9.99. The summed E-state index contributed by atoms with van der Waals surface area (Å²) in [5, 5.41) is 9.03. The summed E-state index contributed by atoms with van der Waals surface area (Å²) < 4.78 is 28.6. The Bertz CT molecular complexity index is 1040. The molecular weight excluding hydrogens is 344 g/mol. The van der Waals surface area contributed by atoms with E-state index in [2.05, 4.69) is 4.72 Å². The molecular formula is C21H18N2O2S. The third-order valence-electron chi connectivity index (χ3n) is 4.09. The maximum atomic E-state index is 12.9. The van der Waals surface area contributed by atoms with E-state index >= 15 is 0 Å². The molecule has 0 saturated heterocycles. The third kappa shape index (κ3) is 3.99. The van der Waals surface area contributed by atoms with Gasteiger partial charge in [-0.05, 0) is 36.2 Å². The van der Waals surface area contributed by atoms with Gasteiger partial charge < -0.3 is 0 Å². The van der Waals surface area contributed by atoms with Gasteiger partial charge in [0.15, 0.2) is 0 Å². The van der Waals surface area contributed by atoms with Gasteiger partial charge in [-0.2, -0.15) is 9.98 Å². The summed E-state index contributed by atoms with van der Waals surface area (Å²) in [4.78, 5) is 0.0737. The summed E-state index contributed by atoms with van der Waals surface area (Å²) in [5.74, 6) is 0. The Labute approximate surface area is 153 Å². The molecule has 0 heterocycles. The molecule has 0 saturated carbocycles. The van der Waals surface area contributed by atoms with Gasteiger partial charge in [0, 0.05) is 0 Å². The number of rotatable bonds is 5. The highest BCUT2D eigenvalue weighted by Crippen LogP contribution is 2.25. The fraction of sp³-hybridized carbons (Fsp3) is 0.0952. The first-order valence-corrected chi connectivity index (χ1v) is 9.62. The predicted molar refractivity (Wildman–Crippen MR) is 101 cm³/mol. The van der Waals surface area contributed by atoms with E-state index in [9.17, 15) is 8.42 Å². The van der Waals surface area contributed by atoms with Crippen LogP contribution >= 0.6 is 0 Å².